The lowest BCUT2D eigenvalue weighted by Gasteiger charge is -2.11. The Morgan fingerprint density at radius 1 is 0.788 bits per heavy atom. The maximum absolute atomic E-state index is 11.5. The third-order valence-electron chi connectivity index (χ3n) is 5.25. The van der Waals surface area contributed by atoms with Gasteiger partial charge < -0.3 is 20.1 Å². The molecule has 9 heteroatoms. The molecule has 2 rings (SSSR count). The van der Waals surface area contributed by atoms with Gasteiger partial charge in [-0.1, -0.05) is 43.2 Å². The van der Waals surface area contributed by atoms with Crippen LogP contribution in [0.5, 0.6) is 11.5 Å². The molecule has 0 bridgehead atoms. The van der Waals surface area contributed by atoms with Crippen LogP contribution >= 0.6 is 24.8 Å². The summed E-state index contributed by atoms with van der Waals surface area (Å²) in [5.74, 6) is 0.558. The van der Waals surface area contributed by atoms with Crippen molar-refractivity contribution in [2.24, 2.45) is 0 Å². The Kier molecular flexibility index (Phi) is 17.2. The second-order valence-corrected chi connectivity index (χ2v) is 7.47. The minimum Gasteiger partial charge on any atom is -0.493 e. The molecule has 7 nitrogen and oxygen atoms in total. The first-order valence-corrected chi connectivity index (χ1v) is 11.0. The lowest BCUT2D eigenvalue weighted by molar-refractivity contribution is -0.386. The van der Waals surface area contributed by atoms with Crippen LogP contribution in [0.2, 0.25) is 0 Å². The molecule has 0 aromatic heterocycles. The lowest BCUT2D eigenvalue weighted by atomic mass is 10.1. The predicted octanol–water partition coefficient (Wildman–Crippen LogP) is 4.98. The van der Waals surface area contributed by atoms with Gasteiger partial charge in [0, 0.05) is 5.56 Å². The fourth-order valence-corrected chi connectivity index (χ4v) is 3.56. The fraction of sp³-hybridized carbons (Fsp3) is 0.500. The van der Waals surface area contributed by atoms with E-state index in [1.54, 1.807) is 12.1 Å². The van der Waals surface area contributed by atoms with Gasteiger partial charge in [-0.3, -0.25) is 10.1 Å². The molecule has 186 valence electrons. The van der Waals surface area contributed by atoms with Gasteiger partial charge in [0.15, 0.2) is 5.75 Å². The average Bonchev–Trinajstić information content (AvgIpc) is 2.79. The number of benzene rings is 2. The van der Waals surface area contributed by atoms with Crippen molar-refractivity contribution in [1.29, 1.82) is 0 Å². The number of hydrogen-bond donors (Lipinski definition) is 2. The van der Waals surface area contributed by atoms with Crippen molar-refractivity contribution in [3.8, 4) is 11.5 Å². The summed E-state index contributed by atoms with van der Waals surface area (Å²) in [6, 6.07) is 14.0. The average molecular weight is 502 g/mol. The number of methoxy groups -OCH3 is 2. The van der Waals surface area contributed by atoms with E-state index < -0.39 is 4.92 Å². The number of nitrogens with one attached hydrogen (secondary N) is 2. The minimum absolute atomic E-state index is 0. The van der Waals surface area contributed by atoms with Crippen LogP contribution in [0.25, 0.3) is 0 Å². The summed E-state index contributed by atoms with van der Waals surface area (Å²) in [4.78, 5) is 11.1. The Hall–Kier alpha value is -2.06. The maximum Gasteiger partial charge on any atom is 0.318 e. The van der Waals surface area contributed by atoms with Gasteiger partial charge in [-0.25, -0.2) is 0 Å². The summed E-state index contributed by atoms with van der Waals surface area (Å²) >= 11 is 0. The van der Waals surface area contributed by atoms with Crippen LogP contribution in [0.15, 0.2) is 42.5 Å². The number of nitro benzene ring substituents is 1. The highest BCUT2D eigenvalue weighted by molar-refractivity contribution is 5.85. The Balaban J connectivity index is 0.00000512. The van der Waals surface area contributed by atoms with E-state index in [4.69, 9.17) is 9.47 Å². The Labute approximate surface area is 209 Å². The minimum atomic E-state index is -0.398. The van der Waals surface area contributed by atoms with Crippen LogP contribution < -0.4 is 20.1 Å². The normalized spacial score (nSPS) is 10.1. The van der Waals surface area contributed by atoms with Gasteiger partial charge in [-0.15, -0.1) is 24.8 Å². The van der Waals surface area contributed by atoms with Gasteiger partial charge in [0.1, 0.15) is 0 Å². The molecule has 33 heavy (non-hydrogen) atoms. The van der Waals surface area contributed by atoms with Gasteiger partial charge in [0.05, 0.1) is 19.1 Å². The number of nitro groups is 1. The van der Waals surface area contributed by atoms with E-state index in [1.807, 2.05) is 6.07 Å². The maximum atomic E-state index is 11.5. The van der Waals surface area contributed by atoms with Gasteiger partial charge in [-0.05, 0) is 69.6 Å². The lowest BCUT2D eigenvalue weighted by Crippen LogP contribution is -2.20. The molecule has 0 saturated carbocycles. The molecule has 0 aliphatic rings. The molecule has 2 N–H and O–H groups in total. The van der Waals surface area contributed by atoms with Crippen molar-refractivity contribution in [2.45, 2.75) is 38.5 Å². The van der Waals surface area contributed by atoms with Gasteiger partial charge in [-0.2, -0.15) is 0 Å². The zero-order valence-electron chi connectivity index (χ0n) is 19.5. The third-order valence-corrected chi connectivity index (χ3v) is 5.25. The van der Waals surface area contributed by atoms with Crippen molar-refractivity contribution in [1.82, 2.24) is 10.6 Å². The first kappa shape index (κ1) is 30.9. The Bertz CT molecular complexity index is 795. The highest BCUT2D eigenvalue weighted by atomic mass is 35.5. The standard InChI is InChI=1S/C24H35N3O4.2ClH/c1-30-22-13-12-21(23(27(28)29)24(22)31-2)15-19-26-17-9-4-3-8-16-25-18-14-20-10-6-5-7-11-20;;/h5-7,10-13,25-26H,3-4,8-9,14-19H2,1-2H3;2*1H. The number of ether oxygens (including phenoxy) is 2. The molecular formula is C24H37Cl2N3O4. The first-order valence-electron chi connectivity index (χ1n) is 11.0. The first-order chi connectivity index (χ1) is 15.2. The second-order valence-electron chi connectivity index (χ2n) is 7.47. The van der Waals surface area contributed by atoms with Crippen LogP contribution in [-0.2, 0) is 12.8 Å². The van der Waals surface area contributed by atoms with E-state index in [-0.39, 0.29) is 36.3 Å². The molecule has 0 aliphatic heterocycles. The smallest absolute Gasteiger partial charge is 0.318 e. The largest absolute Gasteiger partial charge is 0.493 e. The van der Waals surface area contributed by atoms with E-state index in [1.165, 1.54) is 39.0 Å². The molecule has 0 saturated heterocycles. The van der Waals surface area contributed by atoms with Crippen LogP contribution in [0.1, 0.15) is 36.8 Å². The number of hydrogen-bond acceptors (Lipinski definition) is 6. The monoisotopic (exact) mass is 501 g/mol. The van der Waals surface area contributed by atoms with Crippen LogP contribution in [0.3, 0.4) is 0 Å². The molecule has 0 fully saturated rings. The fourth-order valence-electron chi connectivity index (χ4n) is 3.56. The summed E-state index contributed by atoms with van der Waals surface area (Å²) in [7, 11) is 2.90. The van der Waals surface area contributed by atoms with Crippen LogP contribution in [0, 0.1) is 10.1 Å². The zero-order valence-corrected chi connectivity index (χ0v) is 21.1. The van der Waals surface area contributed by atoms with Crippen LogP contribution in [-0.4, -0.2) is 45.3 Å². The van der Waals surface area contributed by atoms with E-state index >= 15 is 0 Å². The molecule has 0 amide bonds. The summed E-state index contributed by atoms with van der Waals surface area (Å²) in [5.41, 5.74) is 2.01. The van der Waals surface area contributed by atoms with Crippen molar-refractivity contribution in [2.75, 3.05) is 40.4 Å². The van der Waals surface area contributed by atoms with Gasteiger partial charge >= 0.3 is 5.69 Å². The van der Waals surface area contributed by atoms with E-state index in [2.05, 4.69) is 34.9 Å². The topological polar surface area (TPSA) is 85.7 Å². The SMILES string of the molecule is COc1ccc(CCNCCCCCCNCCc2ccccc2)c([N+](=O)[O-])c1OC.Cl.Cl. The zero-order chi connectivity index (χ0) is 22.3. The van der Waals surface area contributed by atoms with Crippen molar-refractivity contribution in [3.63, 3.8) is 0 Å². The highest BCUT2D eigenvalue weighted by Gasteiger charge is 2.24. The van der Waals surface area contributed by atoms with E-state index in [9.17, 15) is 10.1 Å². The van der Waals surface area contributed by atoms with E-state index in [0.717, 1.165) is 32.5 Å². The van der Waals surface area contributed by atoms with Crippen molar-refractivity contribution >= 4 is 30.5 Å². The van der Waals surface area contributed by atoms with Gasteiger partial charge in [0.2, 0.25) is 5.75 Å². The molecule has 2 aromatic carbocycles. The Morgan fingerprint density at radius 3 is 1.94 bits per heavy atom. The third kappa shape index (κ3) is 11.1. The molecule has 0 radical (unpaired) electrons. The molecule has 0 aliphatic carbocycles. The molecule has 0 unspecified atom stereocenters. The molecule has 0 spiro atoms. The van der Waals surface area contributed by atoms with Crippen molar-refractivity contribution < 1.29 is 14.4 Å². The molecule has 2 aromatic rings. The highest BCUT2D eigenvalue weighted by Crippen LogP contribution is 2.39. The van der Waals surface area contributed by atoms with E-state index in [0.29, 0.717) is 24.3 Å². The molecule has 0 heterocycles. The Morgan fingerprint density at radius 2 is 1.39 bits per heavy atom. The number of unbranched alkanes of at least 4 members (excludes halogenated alkanes) is 3. The number of rotatable bonds is 16. The summed E-state index contributed by atoms with van der Waals surface area (Å²) in [6.45, 7) is 3.69. The number of halogens is 2. The van der Waals surface area contributed by atoms with Crippen LogP contribution in [0.4, 0.5) is 5.69 Å². The second kappa shape index (κ2) is 18.4. The van der Waals surface area contributed by atoms with Crippen molar-refractivity contribution in [3.05, 3.63) is 63.7 Å². The quantitative estimate of drug-likeness (QED) is 0.191. The summed E-state index contributed by atoms with van der Waals surface area (Å²) < 4.78 is 10.4. The summed E-state index contributed by atoms with van der Waals surface area (Å²) in [6.07, 6.45) is 6.33. The van der Waals surface area contributed by atoms with Gasteiger partial charge in [0.25, 0.3) is 0 Å². The molecule has 0 atom stereocenters. The summed E-state index contributed by atoms with van der Waals surface area (Å²) in [5, 5.41) is 18.4. The number of nitrogens with zero attached hydrogens (tertiary/aromatic N) is 1. The predicted molar refractivity (Wildman–Crippen MR) is 139 cm³/mol. The molecular weight excluding hydrogens is 465 g/mol.